The van der Waals surface area contributed by atoms with Crippen molar-refractivity contribution in [1.82, 2.24) is 10.3 Å². The van der Waals surface area contributed by atoms with Crippen LogP contribution in [0.15, 0.2) is 18.3 Å². The minimum atomic E-state index is -0.128. The number of hydrogen-bond donors (Lipinski definition) is 2. The van der Waals surface area contributed by atoms with Gasteiger partial charge in [0.25, 0.3) is 0 Å². The van der Waals surface area contributed by atoms with E-state index in [9.17, 15) is 4.79 Å². The summed E-state index contributed by atoms with van der Waals surface area (Å²) in [5.74, 6) is 0.606. The van der Waals surface area contributed by atoms with E-state index in [-0.39, 0.29) is 17.4 Å². The van der Waals surface area contributed by atoms with E-state index in [4.69, 9.17) is 4.74 Å². The Bertz CT molecular complexity index is 509. The third-order valence-electron chi connectivity index (χ3n) is 4.54. The molecule has 0 aliphatic carbocycles. The highest BCUT2D eigenvalue weighted by Gasteiger charge is 2.50. The van der Waals surface area contributed by atoms with Crippen molar-refractivity contribution in [3.8, 4) is 0 Å². The summed E-state index contributed by atoms with van der Waals surface area (Å²) in [4.78, 5) is 18.7. The molecule has 0 saturated carbocycles. The summed E-state index contributed by atoms with van der Waals surface area (Å²) in [6, 6.07) is 3.65. The SMILES string of the molecule is CN(C)c1ccc(NC(=O)C2NCC23CCOCC3)nc1. The molecule has 6 nitrogen and oxygen atoms in total. The van der Waals surface area contributed by atoms with E-state index in [0.717, 1.165) is 38.3 Å². The number of pyridine rings is 1. The largest absolute Gasteiger partial charge is 0.381 e. The highest BCUT2D eigenvalue weighted by atomic mass is 16.5. The van der Waals surface area contributed by atoms with Gasteiger partial charge in [-0.1, -0.05) is 0 Å². The van der Waals surface area contributed by atoms with Crippen molar-refractivity contribution in [3.63, 3.8) is 0 Å². The maximum atomic E-state index is 12.4. The van der Waals surface area contributed by atoms with Gasteiger partial charge < -0.3 is 20.3 Å². The molecule has 114 valence electrons. The number of amides is 1. The van der Waals surface area contributed by atoms with E-state index in [1.807, 2.05) is 31.1 Å². The Morgan fingerprint density at radius 2 is 2.19 bits per heavy atom. The summed E-state index contributed by atoms with van der Waals surface area (Å²) in [6.07, 6.45) is 3.66. The molecule has 0 bridgehead atoms. The Labute approximate surface area is 124 Å². The van der Waals surface area contributed by atoms with E-state index in [1.165, 1.54) is 0 Å². The second kappa shape index (κ2) is 5.61. The van der Waals surface area contributed by atoms with Crippen molar-refractivity contribution < 1.29 is 9.53 Å². The van der Waals surface area contributed by atoms with E-state index in [2.05, 4.69) is 15.6 Å². The number of nitrogens with zero attached hydrogens (tertiary/aromatic N) is 2. The first-order valence-corrected chi connectivity index (χ1v) is 7.36. The quantitative estimate of drug-likeness (QED) is 0.864. The first-order chi connectivity index (χ1) is 10.1. The molecule has 3 heterocycles. The molecule has 2 fully saturated rings. The average Bonchev–Trinajstić information content (AvgIpc) is 2.47. The van der Waals surface area contributed by atoms with Gasteiger partial charge in [-0.25, -0.2) is 4.98 Å². The number of nitrogens with one attached hydrogen (secondary N) is 2. The molecule has 0 aromatic carbocycles. The van der Waals surface area contributed by atoms with Crippen LogP contribution in [-0.2, 0) is 9.53 Å². The highest BCUT2D eigenvalue weighted by molar-refractivity contribution is 5.95. The fourth-order valence-corrected chi connectivity index (χ4v) is 3.03. The van der Waals surface area contributed by atoms with Gasteiger partial charge in [0.15, 0.2) is 0 Å². The predicted molar refractivity (Wildman–Crippen MR) is 81.5 cm³/mol. The van der Waals surface area contributed by atoms with Crippen molar-refractivity contribution in [2.75, 3.05) is 44.1 Å². The third-order valence-corrected chi connectivity index (χ3v) is 4.54. The number of aromatic nitrogens is 1. The Kier molecular flexibility index (Phi) is 3.82. The summed E-state index contributed by atoms with van der Waals surface area (Å²) < 4.78 is 5.41. The van der Waals surface area contributed by atoms with Gasteiger partial charge in [0.05, 0.1) is 17.9 Å². The molecule has 2 aliphatic rings. The average molecular weight is 290 g/mol. The van der Waals surface area contributed by atoms with Gasteiger partial charge in [-0.2, -0.15) is 0 Å². The van der Waals surface area contributed by atoms with Crippen molar-refractivity contribution >= 4 is 17.4 Å². The summed E-state index contributed by atoms with van der Waals surface area (Å²) in [5, 5.41) is 6.16. The molecule has 1 aromatic heterocycles. The summed E-state index contributed by atoms with van der Waals surface area (Å²) in [7, 11) is 3.92. The molecule has 1 aromatic rings. The molecule has 1 amide bonds. The lowest BCUT2D eigenvalue weighted by Crippen LogP contribution is -2.68. The topological polar surface area (TPSA) is 66.5 Å². The number of carbonyl (C=O) groups excluding carboxylic acids is 1. The molecule has 6 heteroatoms. The zero-order chi connectivity index (χ0) is 14.9. The maximum Gasteiger partial charge on any atom is 0.243 e. The molecule has 3 rings (SSSR count). The number of hydrogen-bond acceptors (Lipinski definition) is 5. The van der Waals surface area contributed by atoms with Crippen LogP contribution >= 0.6 is 0 Å². The van der Waals surface area contributed by atoms with E-state index in [0.29, 0.717) is 5.82 Å². The fourth-order valence-electron chi connectivity index (χ4n) is 3.03. The maximum absolute atomic E-state index is 12.4. The van der Waals surface area contributed by atoms with Crippen molar-refractivity contribution in [3.05, 3.63) is 18.3 Å². The van der Waals surface area contributed by atoms with Gasteiger partial charge >= 0.3 is 0 Å². The van der Waals surface area contributed by atoms with Gasteiger partial charge in [0.2, 0.25) is 5.91 Å². The van der Waals surface area contributed by atoms with Crippen LogP contribution in [0.1, 0.15) is 12.8 Å². The number of anilines is 2. The molecule has 1 atom stereocenters. The van der Waals surface area contributed by atoms with Crippen LogP contribution in [-0.4, -0.2) is 50.8 Å². The van der Waals surface area contributed by atoms with E-state index >= 15 is 0 Å². The minimum Gasteiger partial charge on any atom is -0.381 e. The molecule has 2 saturated heterocycles. The fraction of sp³-hybridized carbons (Fsp3) is 0.600. The van der Waals surface area contributed by atoms with Gasteiger partial charge in [-0.15, -0.1) is 0 Å². The van der Waals surface area contributed by atoms with E-state index < -0.39 is 0 Å². The van der Waals surface area contributed by atoms with Crippen LogP contribution in [0.25, 0.3) is 0 Å². The smallest absolute Gasteiger partial charge is 0.243 e. The number of carbonyl (C=O) groups is 1. The second-order valence-corrected chi connectivity index (χ2v) is 6.07. The normalized spacial score (nSPS) is 23.4. The van der Waals surface area contributed by atoms with Crippen molar-refractivity contribution in [2.24, 2.45) is 5.41 Å². The Morgan fingerprint density at radius 3 is 2.71 bits per heavy atom. The van der Waals surface area contributed by atoms with Gasteiger partial charge in [-0.3, -0.25) is 4.79 Å². The van der Waals surface area contributed by atoms with E-state index in [1.54, 1.807) is 6.20 Å². The van der Waals surface area contributed by atoms with Crippen LogP contribution in [0.5, 0.6) is 0 Å². The molecule has 1 unspecified atom stereocenters. The summed E-state index contributed by atoms with van der Waals surface area (Å²) in [5.41, 5.74) is 1.09. The summed E-state index contributed by atoms with van der Waals surface area (Å²) in [6.45, 7) is 2.41. The van der Waals surface area contributed by atoms with Crippen molar-refractivity contribution in [1.29, 1.82) is 0 Å². The lowest BCUT2D eigenvalue weighted by Gasteiger charge is -2.51. The van der Waals surface area contributed by atoms with Crippen LogP contribution in [0.3, 0.4) is 0 Å². The van der Waals surface area contributed by atoms with Crippen LogP contribution in [0.4, 0.5) is 11.5 Å². The minimum absolute atomic E-state index is 0.00764. The number of ether oxygens (including phenoxy) is 1. The Balaban J connectivity index is 1.63. The summed E-state index contributed by atoms with van der Waals surface area (Å²) >= 11 is 0. The van der Waals surface area contributed by atoms with Gasteiger partial charge in [0.1, 0.15) is 5.82 Å². The molecule has 1 spiro atoms. The molecule has 2 N–H and O–H groups in total. The molecular weight excluding hydrogens is 268 g/mol. The lowest BCUT2D eigenvalue weighted by atomic mass is 9.67. The van der Waals surface area contributed by atoms with Gasteiger partial charge in [0, 0.05) is 39.3 Å². The molecule has 21 heavy (non-hydrogen) atoms. The predicted octanol–water partition coefficient (Wildman–Crippen LogP) is 0.855. The van der Waals surface area contributed by atoms with Gasteiger partial charge in [-0.05, 0) is 25.0 Å². The first-order valence-electron chi connectivity index (χ1n) is 7.36. The Morgan fingerprint density at radius 1 is 1.43 bits per heavy atom. The standard InChI is InChI=1S/C15H22N4O2/c1-19(2)11-3-4-12(16-9-11)18-14(20)13-15(10-17-13)5-7-21-8-6-15/h3-4,9,13,17H,5-8,10H2,1-2H3,(H,16,18,20). The zero-order valence-corrected chi connectivity index (χ0v) is 12.6. The molecular formula is C15H22N4O2. The lowest BCUT2D eigenvalue weighted by molar-refractivity contribution is -0.130. The highest BCUT2D eigenvalue weighted by Crippen LogP contribution is 2.40. The monoisotopic (exact) mass is 290 g/mol. The Hall–Kier alpha value is -1.66. The number of rotatable bonds is 3. The van der Waals surface area contributed by atoms with Crippen molar-refractivity contribution in [2.45, 2.75) is 18.9 Å². The van der Waals surface area contributed by atoms with Crippen LogP contribution < -0.4 is 15.5 Å². The third kappa shape index (κ3) is 2.73. The van der Waals surface area contributed by atoms with Crippen LogP contribution in [0, 0.1) is 5.41 Å². The zero-order valence-electron chi connectivity index (χ0n) is 12.6. The second-order valence-electron chi connectivity index (χ2n) is 6.07. The molecule has 2 aliphatic heterocycles. The first kappa shape index (κ1) is 14.3. The molecule has 0 radical (unpaired) electrons. The van der Waals surface area contributed by atoms with Crippen LogP contribution in [0.2, 0.25) is 0 Å².